The van der Waals surface area contributed by atoms with Crippen molar-refractivity contribution >= 4 is 10.9 Å². The molecule has 3 aliphatic heterocycles. The molecule has 2 bridgehead atoms. The fourth-order valence-corrected chi connectivity index (χ4v) is 4.22. The maximum atomic E-state index is 11.0. The van der Waals surface area contributed by atoms with Crippen molar-refractivity contribution in [2.24, 2.45) is 5.92 Å². The van der Waals surface area contributed by atoms with Crippen LogP contribution in [0.2, 0.25) is 0 Å². The Bertz CT molecular complexity index is 771. The number of aromatic nitrogens is 1. The molecule has 120 valence electrons. The molecule has 2 aromatic rings. The molecule has 1 aromatic heterocycles. The van der Waals surface area contributed by atoms with Crippen molar-refractivity contribution in [1.29, 1.82) is 0 Å². The van der Waals surface area contributed by atoms with E-state index in [0.29, 0.717) is 5.92 Å². The number of piperidine rings is 3. The Morgan fingerprint density at radius 2 is 2.22 bits per heavy atom. The summed E-state index contributed by atoms with van der Waals surface area (Å²) >= 11 is 0. The van der Waals surface area contributed by atoms with Gasteiger partial charge >= 0.3 is 0 Å². The van der Waals surface area contributed by atoms with Gasteiger partial charge in [0, 0.05) is 24.2 Å². The third-order valence-electron chi connectivity index (χ3n) is 5.48. The second-order valence-electron chi connectivity index (χ2n) is 6.67. The number of hydrogen-bond acceptors (Lipinski definition) is 4. The van der Waals surface area contributed by atoms with Crippen LogP contribution in [0, 0.1) is 5.92 Å². The summed E-state index contributed by atoms with van der Waals surface area (Å²) in [5, 5.41) is 21.7. The number of fused-ring (bicyclic) bond motifs is 4. The van der Waals surface area contributed by atoms with Crippen LogP contribution in [0.25, 0.3) is 10.9 Å². The lowest BCUT2D eigenvalue weighted by Gasteiger charge is -2.48. The van der Waals surface area contributed by atoms with Gasteiger partial charge in [0.05, 0.1) is 11.6 Å². The van der Waals surface area contributed by atoms with Crippen LogP contribution in [0.3, 0.4) is 0 Å². The van der Waals surface area contributed by atoms with E-state index in [0.717, 1.165) is 36.0 Å². The molecular weight excluding hydrogens is 288 g/mol. The number of allylic oxidation sites excluding steroid dienone is 1. The first-order valence-corrected chi connectivity index (χ1v) is 8.32. The fraction of sp³-hybridized carbons (Fsp3) is 0.421. The van der Waals surface area contributed by atoms with Crippen LogP contribution in [0.4, 0.5) is 0 Å². The maximum Gasteiger partial charge on any atom is 0.116 e. The van der Waals surface area contributed by atoms with E-state index >= 15 is 0 Å². The summed E-state index contributed by atoms with van der Waals surface area (Å²) < 4.78 is 0. The zero-order valence-corrected chi connectivity index (χ0v) is 13.3. The molecule has 23 heavy (non-hydrogen) atoms. The van der Waals surface area contributed by atoms with Crippen molar-refractivity contribution < 1.29 is 10.2 Å². The van der Waals surface area contributed by atoms with E-state index < -0.39 is 6.10 Å². The first-order valence-electron chi connectivity index (χ1n) is 8.32. The number of nitrogens with zero attached hydrogens (tertiary/aromatic N) is 2. The van der Waals surface area contributed by atoms with Gasteiger partial charge in [-0.2, -0.15) is 0 Å². The molecule has 0 amide bonds. The molecule has 0 saturated carbocycles. The number of pyridine rings is 1. The lowest BCUT2D eigenvalue weighted by Crippen LogP contribution is -2.52. The minimum atomic E-state index is -0.552. The normalized spacial score (nSPS) is 30.0. The van der Waals surface area contributed by atoms with E-state index in [1.807, 2.05) is 6.07 Å². The molecule has 3 saturated heterocycles. The van der Waals surface area contributed by atoms with Crippen LogP contribution >= 0.6 is 0 Å². The summed E-state index contributed by atoms with van der Waals surface area (Å²) in [6.45, 7) is 4.14. The Kier molecular flexibility index (Phi) is 3.58. The topological polar surface area (TPSA) is 56.6 Å². The molecule has 4 atom stereocenters. The first kappa shape index (κ1) is 14.7. The number of rotatable bonds is 2. The molecule has 2 N–H and O–H groups in total. The van der Waals surface area contributed by atoms with Crippen LogP contribution in [0.1, 0.15) is 31.4 Å². The number of aromatic hydroxyl groups is 1. The fourth-order valence-electron chi connectivity index (χ4n) is 4.22. The molecular formula is C19H22N2O2. The van der Waals surface area contributed by atoms with Crippen LogP contribution < -0.4 is 0 Å². The lowest BCUT2D eigenvalue weighted by molar-refractivity contribution is -0.00340. The smallest absolute Gasteiger partial charge is 0.116 e. The zero-order valence-electron chi connectivity index (χ0n) is 13.3. The molecule has 4 nitrogen and oxygen atoms in total. The second kappa shape index (κ2) is 5.62. The largest absolute Gasteiger partial charge is 0.508 e. The average molecular weight is 310 g/mol. The van der Waals surface area contributed by atoms with Crippen LogP contribution in [0.15, 0.2) is 42.1 Å². The Balaban J connectivity index is 1.70. The van der Waals surface area contributed by atoms with E-state index in [9.17, 15) is 10.2 Å². The minimum absolute atomic E-state index is 0.144. The molecule has 0 spiro atoms. The van der Waals surface area contributed by atoms with Gasteiger partial charge in [-0.3, -0.25) is 9.88 Å². The molecule has 4 unspecified atom stereocenters. The van der Waals surface area contributed by atoms with Gasteiger partial charge in [0.15, 0.2) is 0 Å². The van der Waals surface area contributed by atoms with Crippen molar-refractivity contribution in [1.82, 2.24) is 9.88 Å². The Morgan fingerprint density at radius 1 is 1.35 bits per heavy atom. The molecule has 3 aliphatic rings. The predicted molar refractivity (Wildman–Crippen MR) is 90.2 cm³/mol. The average Bonchev–Trinajstić information content (AvgIpc) is 2.60. The van der Waals surface area contributed by atoms with E-state index in [-0.39, 0.29) is 11.8 Å². The number of benzene rings is 1. The van der Waals surface area contributed by atoms with Crippen molar-refractivity contribution in [3.8, 4) is 5.75 Å². The highest BCUT2D eigenvalue weighted by molar-refractivity contribution is 5.83. The Hall–Kier alpha value is -1.91. The Labute approximate surface area is 136 Å². The van der Waals surface area contributed by atoms with Crippen LogP contribution in [-0.2, 0) is 0 Å². The molecule has 5 rings (SSSR count). The molecule has 4 heteroatoms. The van der Waals surface area contributed by atoms with Gasteiger partial charge in [-0.05, 0) is 62.1 Å². The van der Waals surface area contributed by atoms with E-state index in [1.165, 1.54) is 12.0 Å². The number of phenols is 1. The molecule has 3 fully saturated rings. The van der Waals surface area contributed by atoms with Gasteiger partial charge in [0.1, 0.15) is 5.75 Å². The van der Waals surface area contributed by atoms with Crippen LogP contribution in [0.5, 0.6) is 5.75 Å². The predicted octanol–water partition coefficient (Wildman–Crippen LogP) is 3.01. The van der Waals surface area contributed by atoms with Gasteiger partial charge in [-0.15, -0.1) is 0 Å². The lowest BCUT2D eigenvalue weighted by atomic mass is 9.76. The van der Waals surface area contributed by atoms with Crippen molar-refractivity contribution in [3.05, 3.63) is 47.7 Å². The zero-order chi connectivity index (χ0) is 16.0. The molecule has 0 aliphatic carbocycles. The standard InChI is InChI=1S/C19H22N2O2/c1-2-12-11-21-8-6-13(12)9-18(21)19(23)15-5-7-20-17-4-3-14(22)10-16(15)17/h2-5,7,10,13,18-19,22-23H,6,8-9,11H2,1H3/b12-2-. The summed E-state index contributed by atoms with van der Waals surface area (Å²) in [5.41, 5.74) is 3.19. The van der Waals surface area contributed by atoms with Crippen molar-refractivity contribution in [3.63, 3.8) is 0 Å². The number of aliphatic hydroxyl groups excluding tert-OH is 1. The summed E-state index contributed by atoms with van der Waals surface area (Å²) in [4.78, 5) is 6.74. The van der Waals surface area contributed by atoms with Gasteiger partial charge in [-0.25, -0.2) is 0 Å². The van der Waals surface area contributed by atoms with Gasteiger partial charge in [-0.1, -0.05) is 11.6 Å². The summed E-state index contributed by atoms with van der Waals surface area (Å²) in [5.74, 6) is 0.812. The minimum Gasteiger partial charge on any atom is -0.508 e. The monoisotopic (exact) mass is 310 g/mol. The highest BCUT2D eigenvalue weighted by Gasteiger charge is 2.40. The highest BCUT2D eigenvalue weighted by Crippen LogP contribution is 2.41. The van der Waals surface area contributed by atoms with E-state index in [1.54, 1.807) is 24.4 Å². The quantitative estimate of drug-likeness (QED) is 0.837. The summed E-state index contributed by atoms with van der Waals surface area (Å²) in [6.07, 6.45) is 5.62. The summed E-state index contributed by atoms with van der Waals surface area (Å²) in [7, 11) is 0. The highest BCUT2D eigenvalue weighted by atomic mass is 16.3. The number of phenolic OH excluding ortho intramolecular Hbond substituents is 1. The second-order valence-corrected chi connectivity index (χ2v) is 6.67. The van der Waals surface area contributed by atoms with Gasteiger partial charge in [0.2, 0.25) is 0 Å². The van der Waals surface area contributed by atoms with E-state index in [2.05, 4.69) is 22.9 Å². The number of aliphatic hydroxyl groups is 1. The van der Waals surface area contributed by atoms with Crippen molar-refractivity contribution in [2.75, 3.05) is 13.1 Å². The number of hydrogen-bond donors (Lipinski definition) is 2. The van der Waals surface area contributed by atoms with Crippen molar-refractivity contribution in [2.45, 2.75) is 31.9 Å². The first-order chi connectivity index (χ1) is 11.2. The third-order valence-corrected chi connectivity index (χ3v) is 5.48. The third kappa shape index (κ3) is 2.42. The molecule has 0 radical (unpaired) electrons. The summed E-state index contributed by atoms with van der Waals surface area (Å²) in [6, 6.07) is 7.16. The van der Waals surface area contributed by atoms with Gasteiger partial charge < -0.3 is 10.2 Å². The van der Waals surface area contributed by atoms with E-state index in [4.69, 9.17) is 0 Å². The van der Waals surface area contributed by atoms with Gasteiger partial charge in [0.25, 0.3) is 0 Å². The molecule has 1 aromatic carbocycles. The maximum absolute atomic E-state index is 11.0. The molecule has 4 heterocycles. The Morgan fingerprint density at radius 3 is 2.96 bits per heavy atom. The van der Waals surface area contributed by atoms with Crippen LogP contribution in [-0.4, -0.2) is 39.2 Å². The SMILES string of the molecule is C/C=C1/CN2CCC1CC2C(O)c1ccnc2ccc(O)cc12.